The van der Waals surface area contributed by atoms with Crippen LogP contribution in [0.3, 0.4) is 0 Å². The van der Waals surface area contributed by atoms with Crippen LogP contribution in [0.4, 0.5) is 5.69 Å². The number of rotatable bonds is 2. The molecule has 16 heavy (non-hydrogen) atoms. The Labute approximate surface area is 96.8 Å². The van der Waals surface area contributed by atoms with Gasteiger partial charge in [0.1, 0.15) is 11.9 Å². The predicted octanol–water partition coefficient (Wildman–Crippen LogP) is 2.67. The van der Waals surface area contributed by atoms with Crippen LogP contribution in [-0.2, 0) is 4.74 Å². The first-order valence-corrected chi connectivity index (χ1v) is 5.68. The molecule has 1 heterocycles. The average molecular weight is 221 g/mol. The van der Waals surface area contributed by atoms with Gasteiger partial charge >= 0.3 is 0 Å². The molecular formula is C13H19NO2. The fourth-order valence-electron chi connectivity index (χ4n) is 1.60. The van der Waals surface area contributed by atoms with E-state index >= 15 is 0 Å². The van der Waals surface area contributed by atoms with E-state index < -0.39 is 0 Å². The molecule has 88 valence electrons. The smallest absolute Gasteiger partial charge is 0.143 e. The number of para-hydroxylation sites is 2. The number of nitrogens with one attached hydrogen (secondary N) is 1. The van der Waals surface area contributed by atoms with Crippen molar-refractivity contribution in [2.24, 2.45) is 0 Å². The first-order chi connectivity index (χ1) is 7.54. The first-order valence-electron chi connectivity index (χ1n) is 5.68. The summed E-state index contributed by atoms with van der Waals surface area (Å²) in [5.41, 5.74) is 0.954. The average Bonchev–Trinajstić information content (AvgIpc) is 2.25. The van der Waals surface area contributed by atoms with Gasteiger partial charge in [-0.15, -0.1) is 0 Å². The summed E-state index contributed by atoms with van der Waals surface area (Å²) in [4.78, 5) is 0. The van der Waals surface area contributed by atoms with Crippen LogP contribution in [0.1, 0.15) is 20.8 Å². The van der Waals surface area contributed by atoms with Crippen molar-refractivity contribution in [1.82, 2.24) is 0 Å². The lowest BCUT2D eigenvalue weighted by molar-refractivity contribution is -0.0397. The lowest BCUT2D eigenvalue weighted by Gasteiger charge is -2.29. The normalized spacial score (nSPS) is 19.6. The minimum atomic E-state index is -0.111. The number of hydrogen-bond donors (Lipinski definition) is 1. The van der Waals surface area contributed by atoms with Crippen molar-refractivity contribution < 1.29 is 9.47 Å². The monoisotopic (exact) mass is 221 g/mol. The van der Waals surface area contributed by atoms with Crippen LogP contribution in [0.2, 0.25) is 0 Å². The third-order valence-corrected chi connectivity index (χ3v) is 2.40. The van der Waals surface area contributed by atoms with Gasteiger partial charge in [0.05, 0.1) is 24.4 Å². The molecule has 0 spiro atoms. The zero-order valence-corrected chi connectivity index (χ0v) is 10.1. The molecule has 1 aromatic carbocycles. The van der Waals surface area contributed by atoms with Gasteiger partial charge in [-0.25, -0.2) is 0 Å². The number of ether oxygens (including phenoxy) is 2. The van der Waals surface area contributed by atoms with Gasteiger partial charge in [0.2, 0.25) is 0 Å². The highest BCUT2D eigenvalue weighted by Crippen LogP contribution is 2.28. The fourth-order valence-corrected chi connectivity index (χ4v) is 1.60. The van der Waals surface area contributed by atoms with Crippen molar-refractivity contribution in [1.29, 1.82) is 0 Å². The minimum Gasteiger partial charge on any atom is -0.484 e. The topological polar surface area (TPSA) is 30.5 Å². The van der Waals surface area contributed by atoms with Gasteiger partial charge in [-0.1, -0.05) is 12.1 Å². The zero-order chi connectivity index (χ0) is 11.6. The molecule has 0 radical (unpaired) electrons. The predicted molar refractivity (Wildman–Crippen MR) is 65.1 cm³/mol. The van der Waals surface area contributed by atoms with Gasteiger partial charge in [-0.05, 0) is 32.9 Å². The second-order valence-electron chi connectivity index (χ2n) is 5.04. The van der Waals surface area contributed by atoms with E-state index in [-0.39, 0.29) is 11.7 Å². The Balaban J connectivity index is 1.93. The summed E-state index contributed by atoms with van der Waals surface area (Å²) in [5, 5.41) is 3.34. The summed E-state index contributed by atoms with van der Waals surface area (Å²) >= 11 is 0. The van der Waals surface area contributed by atoms with Crippen LogP contribution in [0, 0.1) is 0 Å². The maximum Gasteiger partial charge on any atom is 0.143 e. The van der Waals surface area contributed by atoms with Crippen LogP contribution in [0.15, 0.2) is 24.3 Å². The molecule has 0 bridgehead atoms. The molecule has 2 rings (SSSR count). The second-order valence-corrected chi connectivity index (χ2v) is 5.04. The second kappa shape index (κ2) is 4.34. The molecule has 1 unspecified atom stereocenters. The van der Waals surface area contributed by atoms with Crippen LogP contribution in [0.5, 0.6) is 5.75 Å². The van der Waals surface area contributed by atoms with Crippen LogP contribution in [0.25, 0.3) is 0 Å². The Morgan fingerprint density at radius 2 is 2.12 bits per heavy atom. The molecule has 1 atom stereocenters. The lowest BCUT2D eigenvalue weighted by Crippen LogP contribution is -2.37. The van der Waals surface area contributed by atoms with E-state index in [1.54, 1.807) is 0 Å². The highest BCUT2D eigenvalue weighted by atomic mass is 16.5. The van der Waals surface area contributed by atoms with Gasteiger partial charge in [0, 0.05) is 0 Å². The number of hydrogen-bond acceptors (Lipinski definition) is 3. The largest absolute Gasteiger partial charge is 0.484 e. The molecule has 1 aliphatic rings. The Morgan fingerprint density at radius 3 is 2.88 bits per heavy atom. The van der Waals surface area contributed by atoms with Crippen molar-refractivity contribution >= 4 is 5.69 Å². The van der Waals surface area contributed by atoms with Crippen molar-refractivity contribution in [3.63, 3.8) is 0 Å². The molecule has 1 aliphatic heterocycles. The molecule has 0 saturated carbocycles. The molecule has 0 aliphatic carbocycles. The lowest BCUT2D eigenvalue weighted by atomic mass is 10.2. The first kappa shape index (κ1) is 11.3. The highest BCUT2D eigenvalue weighted by molar-refractivity contribution is 5.57. The fraction of sp³-hybridized carbons (Fsp3) is 0.538. The van der Waals surface area contributed by atoms with Gasteiger partial charge in [-0.3, -0.25) is 0 Å². The molecule has 3 heteroatoms. The zero-order valence-electron chi connectivity index (χ0n) is 10.1. The summed E-state index contributed by atoms with van der Waals surface area (Å²) in [5.74, 6) is 0.913. The number of fused-ring (bicyclic) bond motifs is 1. The maximum absolute atomic E-state index is 5.84. The third kappa shape index (κ3) is 2.89. The number of benzene rings is 1. The maximum atomic E-state index is 5.84. The van der Waals surface area contributed by atoms with Crippen molar-refractivity contribution in [3.05, 3.63) is 24.3 Å². The summed E-state index contributed by atoms with van der Waals surface area (Å²) in [7, 11) is 0. The third-order valence-electron chi connectivity index (χ3n) is 2.40. The summed E-state index contributed by atoms with van der Waals surface area (Å²) in [6.45, 7) is 7.57. The quantitative estimate of drug-likeness (QED) is 0.833. The summed E-state index contributed by atoms with van der Waals surface area (Å²) < 4.78 is 11.6. The molecule has 1 N–H and O–H groups in total. The van der Waals surface area contributed by atoms with Crippen molar-refractivity contribution in [2.45, 2.75) is 32.5 Å². The standard InChI is InChI=1S/C13H19NO2/c1-13(2,3)15-9-10-8-14-11-6-4-5-7-12(11)16-10/h4-7,10,14H,8-9H2,1-3H3. The van der Waals surface area contributed by atoms with Gasteiger partial charge < -0.3 is 14.8 Å². The molecule has 1 aromatic rings. The summed E-state index contributed by atoms with van der Waals surface area (Å²) in [6.07, 6.45) is 0.0918. The van der Waals surface area contributed by atoms with Crippen molar-refractivity contribution in [3.8, 4) is 5.75 Å². The minimum absolute atomic E-state index is 0.0918. The Morgan fingerprint density at radius 1 is 1.38 bits per heavy atom. The van der Waals surface area contributed by atoms with Gasteiger partial charge in [0.25, 0.3) is 0 Å². The van der Waals surface area contributed by atoms with Crippen LogP contribution >= 0.6 is 0 Å². The van der Waals surface area contributed by atoms with Gasteiger partial charge in [0.15, 0.2) is 0 Å². The molecule has 3 nitrogen and oxygen atoms in total. The van der Waals surface area contributed by atoms with E-state index in [0.29, 0.717) is 6.61 Å². The summed E-state index contributed by atoms with van der Waals surface area (Å²) in [6, 6.07) is 7.98. The van der Waals surface area contributed by atoms with E-state index in [2.05, 4.69) is 26.1 Å². The Hall–Kier alpha value is -1.22. The van der Waals surface area contributed by atoms with E-state index in [9.17, 15) is 0 Å². The molecule has 0 fully saturated rings. The van der Waals surface area contributed by atoms with E-state index in [1.165, 1.54) is 0 Å². The van der Waals surface area contributed by atoms with E-state index in [4.69, 9.17) is 9.47 Å². The highest BCUT2D eigenvalue weighted by Gasteiger charge is 2.21. The molecule has 0 aromatic heterocycles. The van der Waals surface area contributed by atoms with Gasteiger partial charge in [-0.2, -0.15) is 0 Å². The van der Waals surface area contributed by atoms with E-state index in [1.807, 2.05) is 24.3 Å². The van der Waals surface area contributed by atoms with Crippen LogP contribution in [-0.4, -0.2) is 24.9 Å². The Bertz CT molecular complexity index is 357. The molecule has 0 saturated heterocycles. The van der Waals surface area contributed by atoms with Crippen molar-refractivity contribution in [2.75, 3.05) is 18.5 Å². The number of anilines is 1. The van der Waals surface area contributed by atoms with Crippen LogP contribution < -0.4 is 10.1 Å². The molecular weight excluding hydrogens is 202 g/mol. The Kier molecular flexibility index (Phi) is 3.06. The SMILES string of the molecule is CC(C)(C)OCC1CNc2ccccc2O1. The van der Waals surface area contributed by atoms with E-state index in [0.717, 1.165) is 18.0 Å². The molecule has 0 amide bonds.